The molecule has 1 amide bonds. The highest BCUT2D eigenvalue weighted by Gasteiger charge is 2.57. The van der Waals surface area contributed by atoms with Crippen LogP contribution in [0.4, 0.5) is 0 Å². The predicted octanol–water partition coefficient (Wildman–Crippen LogP) is 1.16. The SMILES string of the molecule is COCC(=O)N1CC(c2nc(C)no2)C2(CN(Cc3ccc(C)cn3)C2)C1. The lowest BCUT2D eigenvalue weighted by molar-refractivity contribution is -0.135. The van der Waals surface area contributed by atoms with Crippen LogP contribution in [0.1, 0.15) is 28.9 Å². The fourth-order valence-electron chi connectivity index (χ4n) is 4.27. The molecule has 0 aromatic carbocycles. The summed E-state index contributed by atoms with van der Waals surface area (Å²) in [4.78, 5) is 25.6. The van der Waals surface area contributed by atoms with Gasteiger partial charge in [-0.2, -0.15) is 4.98 Å². The third kappa shape index (κ3) is 3.46. The number of rotatable bonds is 5. The van der Waals surface area contributed by atoms with Gasteiger partial charge in [0.25, 0.3) is 0 Å². The summed E-state index contributed by atoms with van der Waals surface area (Å²) in [6.07, 6.45) is 1.90. The molecule has 0 aliphatic carbocycles. The van der Waals surface area contributed by atoms with Crippen LogP contribution in [0.2, 0.25) is 0 Å². The number of nitrogens with zero attached hydrogens (tertiary/aromatic N) is 5. The van der Waals surface area contributed by atoms with Crippen LogP contribution in [-0.2, 0) is 16.1 Å². The van der Waals surface area contributed by atoms with E-state index < -0.39 is 0 Å². The quantitative estimate of drug-likeness (QED) is 0.780. The maximum atomic E-state index is 12.4. The lowest BCUT2D eigenvalue weighted by Gasteiger charge is -2.50. The molecule has 0 saturated carbocycles. The van der Waals surface area contributed by atoms with Gasteiger partial charge in [0.05, 0.1) is 11.6 Å². The Morgan fingerprint density at radius 2 is 2.15 bits per heavy atom. The molecule has 2 aliphatic rings. The Kier molecular flexibility index (Phi) is 4.69. The highest BCUT2D eigenvalue weighted by molar-refractivity contribution is 5.78. The highest BCUT2D eigenvalue weighted by atomic mass is 16.5. The molecule has 0 radical (unpaired) electrons. The van der Waals surface area contributed by atoms with Crippen molar-refractivity contribution in [3.63, 3.8) is 0 Å². The van der Waals surface area contributed by atoms with Gasteiger partial charge in [-0.05, 0) is 25.5 Å². The van der Waals surface area contributed by atoms with Crippen LogP contribution >= 0.6 is 0 Å². The maximum Gasteiger partial charge on any atom is 0.248 e. The van der Waals surface area contributed by atoms with Gasteiger partial charge in [0.2, 0.25) is 11.8 Å². The van der Waals surface area contributed by atoms with Crippen LogP contribution in [0, 0.1) is 19.3 Å². The molecule has 2 saturated heterocycles. The van der Waals surface area contributed by atoms with E-state index in [9.17, 15) is 4.79 Å². The molecule has 1 atom stereocenters. The van der Waals surface area contributed by atoms with E-state index in [0.29, 0.717) is 24.8 Å². The van der Waals surface area contributed by atoms with Crippen LogP contribution in [0.15, 0.2) is 22.9 Å². The van der Waals surface area contributed by atoms with E-state index in [-0.39, 0.29) is 23.8 Å². The first kappa shape index (κ1) is 18.1. The van der Waals surface area contributed by atoms with Crippen LogP contribution < -0.4 is 0 Å². The molecule has 8 nitrogen and oxygen atoms in total. The van der Waals surface area contributed by atoms with Crippen LogP contribution in [-0.4, -0.2) is 70.7 Å². The molecular weight excluding hydrogens is 346 g/mol. The third-order valence-corrected chi connectivity index (χ3v) is 5.55. The number of aromatic nitrogens is 3. The molecule has 4 rings (SSSR count). The molecule has 0 N–H and O–H groups in total. The van der Waals surface area contributed by atoms with Gasteiger partial charge in [0.15, 0.2) is 5.82 Å². The zero-order valence-corrected chi connectivity index (χ0v) is 16.0. The van der Waals surface area contributed by atoms with Gasteiger partial charge in [0, 0.05) is 51.4 Å². The Labute approximate surface area is 158 Å². The number of ether oxygens (including phenoxy) is 1. The van der Waals surface area contributed by atoms with Crippen LogP contribution in [0.25, 0.3) is 0 Å². The van der Waals surface area contributed by atoms with Crippen molar-refractivity contribution in [2.75, 3.05) is 39.9 Å². The van der Waals surface area contributed by atoms with E-state index in [1.807, 2.05) is 24.9 Å². The average Bonchev–Trinajstić information content (AvgIpc) is 3.21. The number of carbonyl (C=O) groups excluding carboxylic acids is 1. The fraction of sp³-hybridized carbons (Fsp3) is 0.579. The van der Waals surface area contributed by atoms with Crippen molar-refractivity contribution in [2.45, 2.75) is 26.3 Å². The van der Waals surface area contributed by atoms with E-state index in [0.717, 1.165) is 30.9 Å². The van der Waals surface area contributed by atoms with Crippen LogP contribution in [0.5, 0.6) is 0 Å². The molecule has 27 heavy (non-hydrogen) atoms. The number of hydrogen-bond acceptors (Lipinski definition) is 7. The van der Waals surface area contributed by atoms with Gasteiger partial charge in [0.1, 0.15) is 6.61 Å². The lowest BCUT2D eigenvalue weighted by atomic mass is 9.71. The molecule has 8 heteroatoms. The van der Waals surface area contributed by atoms with E-state index in [4.69, 9.17) is 9.26 Å². The standard InChI is InChI=1S/C19H25N5O3/c1-13-4-5-15(20-6-13)7-23-10-19(11-23)12-24(17(25)9-26-3)8-16(19)18-21-14(2)22-27-18/h4-6,16H,7-12H2,1-3H3. The van der Waals surface area contributed by atoms with Crippen molar-refractivity contribution < 1.29 is 14.1 Å². The molecule has 144 valence electrons. The summed E-state index contributed by atoms with van der Waals surface area (Å²) >= 11 is 0. The summed E-state index contributed by atoms with van der Waals surface area (Å²) in [5, 5.41) is 3.95. The number of aryl methyl sites for hydroxylation is 2. The van der Waals surface area contributed by atoms with Crippen LogP contribution in [0.3, 0.4) is 0 Å². The topological polar surface area (TPSA) is 84.6 Å². The minimum Gasteiger partial charge on any atom is -0.375 e. The summed E-state index contributed by atoms with van der Waals surface area (Å²) in [7, 11) is 1.54. The second kappa shape index (κ2) is 7.01. The third-order valence-electron chi connectivity index (χ3n) is 5.55. The molecule has 0 bridgehead atoms. The molecular formula is C19H25N5O3. The summed E-state index contributed by atoms with van der Waals surface area (Å²) in [5.74, 6) is 1.33. The molecule has 2 fully saturated rings. The largest absolute Gasteiger partial charge is 0.375 e. The monoisotopic (exact) mass is 371 g/mol. The van der Waals surface area contributed by atoms with Gasteiger partial charge in [-0.1, -0.05) is 11.2 Å². The molecule has 2 aromatic heterocycles. The van der Waals surface area contributed by atoms with Crippen molar-refractivity contribution >= 4 is 5.91 Å². The van der Waals surface area contributed by atoms with Crippen molar-refractivity contribution in [3.8, 4) is 0 Å². The second-order valence-corrected chi connectivity index (χ2v) is 7.77. The minimum absolute atomic E-state index is 0.00858. The Bertz CT molecular complexity index is 813. The lowest BCUT2D eigenvalue weighted by Crippen LogP contribution is -2.59. The van der Waals surface area contributed by atoms with E-state index in [2.05, 4.69) is 32.2 Å². The number of carbonyl (C=O) groups is 1. The average molecular weight is 371 g/mol. The summed E-state index contributed by atoms with van der Waals surface area (Å²) in [6.45, 7) is 7.82. The summed E-state index contributed by atoms with van der Waals surface area (Å²) < 4.78 is 10.5. The van der Waals surface area contributed by atoms with E-state index in [1.54, 1.807) is 7.11 Å². The Morgan fingerprint density at radius 1 is 1.33 bits per heavy atom. The molecule has 4 heterocycles. The molecule has 2 aliphatic heterocycles. The number of amides is 1. The van der Waals surface area contributed by atoms with Gasteiger partial charge in [-0.25, -0.2) is 0 Å². The highest BCUT2D eigenvalue weighted by Crippen LogP contribution is 2.49. The van der Waals surface area contributed by atoms with Gasteiger partial charge >= 0.3 is 0 Å². The molecule has 1 unspecified atom stereocenters. The molecule has 1 spiro atoms. The first-order valence-corrected chi connectivity index (χ1v) is 9.20. The fourth-order valence-corrected chi connectivity index (χ4v) is 4.27. The van der Waals surface area contributed by atoms with Crippen molar-refractivity contribution in [2.24, 2.45) is 5.41 Å². The van der Waals surface area contributed by atoms with Gasteiger partial charge < -0.3 is 14.2 Å². The smallest absolute Gasteiger partial charge is 0.248 e. The number of pyridine rings is 1. The Balaban J connectivity index is 1.49. The van der Waals surface area contributed by atoms with E-state index >= 15 is 0 Å². The maximum absolute atomic E-state index is 12.4. The molecule has 2 aromatic rings. The van der Waals surface area contributed by atoms with E-state index in [1.165, 1.54) is 0 Å². The minimum atomic E-state index is -0.0485. The number of likely N-dealkylation sites (tertiary alicyclic amines) is 2. The van der Waals surface area contributed by atoms with Crippen molar-refractivity contribution in [1.82, 2.24) is 24.9 Å². The first-order chi connectivity index (χ1) is 13.0. The Hall–Kier alpha value is -2.32. The normalized spacial score (nSPS) is 21.6. The Morgan fingerprint density at radius 3 is 2.78 bits per heavy atom. The number of hydrogen-bond donors (Lipinski definition) is 0. The van der Waals surface area contributed by atoms with Crippen molar-refractivity contribution in [3.05, 3.63) is 41.3 Å². The van der Waals surface area contributed by atoms with Crippen molar-refractivity contribution in [1.29, 1.82) is 0 Å². The number of methoxy groups -OCH3 is 1. The van der Waals surface area contributed by atoms with Gasteiger partial charge in [-0.15, -0.1) is 0 Å². The zero-order valence-electron chi connectivity index (χ0n) is 16.0. The second-order valence-electron chi connectivity index (χ2n) is 7.77. The summed E-state index contributed by atoms with van der Waals surface area (Å²) in [6, 6.07) is 4.16. The summed E-state index contributed by atoms with van der Waals surface area (Å²) in [5.41, 5.74) is 2.17. The zero-order chi connectivity index (χ0) is 19.0. The van der Waals surface area contributed by atoms with Gasteiger partial charge in [-0.3, -0.25) is 14.7 Å². The predicted molar refractivity (Wildman–Crippen MR) is 96.9 cm³/mol. The first-order valence-electron chi connectivity index (χ1n) is 9.20.